The van der Waals surface area contributed by atoms with Crippen molar-refractivity contribution in [2.75, 3.05) is 31.6 Å². The standard InChI is InChI=1S/C26H27FN6O3/c27-19-6-3-4-17(12-19)10-11-30-25-22(26(36)31-15-20(16-34)32-24(35)14-29)8-9-23(33-25)21-7-2-1-5-18(21)13-28/h1-9,12,20,34H,10-11,14-16,29H2,(H,30,33)(H,31,36)(H,32,35)/t20-/m0/s1. The van der Waals surface area contributed by atoms with Crippen LogP contribution in [0.3, 0.4) is 0 Å². The molecule has 36 heavy (non-hydrogen) atoms. The molecule has 0 saturated carbocycles. The first-order valence-corrected chi connectivity index (χ1v) is 11.3. The molecule has 0 spiro atoms. The maximum atomic E-state index is 13.5. The minimum atomic E-state index is -0.705. The van der Waals surface area contributed by atoms with Gasteiger partial charge in [-0.2, -0.15) is 5.26 Å². The van der Waals surface area contributed by atoms with Crippen LogP contribution in [0.25, 0.3) is 11.3 Å². The first-order chi connectivity index (χ1) is 17.4. The second-order valence-electron chi connectivity index (χ2n) is 7.92. The third-order valence-electron chi connectivity index (χ3n) is 5.34. The summed E-state index contributed by atoms with van der Waals surface area (Å²) in [4.78, 5) is 29.1. The maximum absolute atomic E-state index is 13.5. The highest BCUT2D eigenvalue weighted by Gasteiger charge is 2.18. The second-order valence-corrected chi connectivity index (χ2v) is 7.92. The number of aliphatic hydroxyl groups is 1. The lowest BCUT2D eigenvalue weighted by atomic mass is 10.0. The molecule has 10 heteroatoms. The summed E-state index contributed by atoms with van der Waals surface area (Å²) in [6.07, 6.45) is 0.483. The SMILES string of the molecule is N#Cc1ccccc1-c1ccc(C(=O)NC[C@@H](CO)NC(=O)CN)c(NCCc2cccc(F)c2)n1. The quantitative estimate of drug-likeness (QED) is 0.273. The number of nitrogens with zero attached hydrogens (tertiary/aromatic N) is 2. The molecule has 6 N–H and O–H groups in total. The Morgan fingerprint density at radius 1 is 1.14 bits per heavy atom. The van der Waals surface area contributed by atoms with Gasteiger partial charge in [-0.25, -0.2) is 9.37 Å². The van der Waals surface area contributed by atoms with Gasteiger partial charge in [0.05, 0.1) is 42.1 Å². The predicted molar refractivity (Wildman–Crippen MR) is 133 cm³/mol. The normalized spacial score (nSPS) is 11.3. The molecule has 0 unspecified atom stereocenters. The topological polar surface area (TPSA) is 153 Å². The highest BCUT2D eigenvalue weighted by molar-refractivity contribution is 5.99. The van der Waals surface area contributed by atoms with E-state index < -0.39 is 17.9 Å². The number of aromatic nitrogens is 1. The predicted octanol–water partition coefficient (Wildman–Crippen LogP) is 1.58. The van der Waals surface area contributed by atoms with Gasteiger partial charge in [0.15, 0.2) is 0 Å². The van der Waals surface area contributed by atoms with E-state index in [1.54, 1.807) is 48.5 Å². The number of anilines is 1. The molecule has 3 aromatic rings. The third kappa shape index (κ3) is 7.09. The van der Waals surface area contributed by atoms with Crippen LogP contribution in [0.15, 0.2) is 60.7 Å². The Hall–Kier alpha value is -4.33. The van der Waals surface area contributed by atoms with Gasteiger partial charge in [-0.05, 0) is 42.3 Å². The van der Waals surface area contributed by atoms with Gasteiger partial charge < -0.3 is 26.8 Å². The van der Waals surface area contributed by atoms with E-state index in [-0.39, 0.29) is 36.9 Å². The van der Waals surface area contributed by atoms with E-state index in [0.29, 0.717) is 29.8 Å². The summed E-state index contributed by atoms with van der Waals surface area (Å²) in [5, 5.41) is 27.3. The Labute approximate surface area is 208 Å². The number of carbonyl (C=O) groups excluding carboxylic acids is 2. The lowest BCUT2D eigenvalue weighted by Gasteiger charge is -2.18. The van der Waals surface area contributed by atoms with Crippen LogP contribution < -0.4 is 21.7 Å². The Kier molecular flexibility index (Phi) is 9.45. The third-order valence-corrected chi connectivity index (χ3v) is 5.34. The van der Waals surface area contributed by atoms with Crippen molar-refractivity contribution in [3.05, 3.63) is 83.2 Å². The first kappa shape index (κ1) is 26.3. The van der Waals surface area contributed by atoms with Crippen LogP contribution in [0, 0.1) is 17.1 Å². The van der Waals surface area contributed by atoms with Gasteiger partial charge in [0.25, 0.3) is 5.91 Å². The summed E-state index contributed by atoms with van der Waals surface area (Å²) >= 11 is 0. The monoisotopic (exact) mass is 490 g/mol. The van der Waals surface area contributed by atoms with Crippen LogP contribution in [0.4, 0.5) is 10.2 Å². The molecule has 186 valence electrons. The van der Waals surface area contributed by atoms with Gasteiger partial charge in [-0.15, -0.1) is 0 Å². The van der Waals surface area contributed by atoms with E-state index in [4.69, 9.17) is 5.73 Å². The maximum Gasteiger partial charge on any atom is 0.255 e. The lowest BCUT2D eigenvalue weighted by Crippen LogP contribution is -2.47. The minimum Gasteiger partial charge on any atom is -0.394 e. The fraction of sp³-hybridized carbons (Fsp3) is 0.231. The summed E-state index contributed by atoms with van der Waals surface area (Å²) in [5.74, 6) is -0.983. The average molecular weight is 491 g/mol. The molecular weight excluding hydrogens is 463 g/mol. The summed E-state index contributed by atoms with van der Waals surface area (Å²) in [7, 11) is 0. The van der Waals surface area contributed by atoms with Gasteiger partial charge in [0.1, 0.15) is 11.6 Å². The van der Waals surface area contributed by atoms with Crippen LogP contribution in [-0.4, -0.2) is 54.2 Å². The zero-order chi connectivity index (χ0) is 25.9. The Balaban J connectivity index is 1.83. The van der Waals surface area contributed by atoms with E-state index in [1.165, 1.54) is 12.1 Å². The number of halogens is 1. The zero-order valence-corrected chi connectivity index (χ0v) is 19.5. The van der Waals surface area contributed by atoms with E-state index in [9.17, 15) is 24.3 Å². The van der Waals surface area contributed by atoms with Crippen molar-refractivity contribution in [3.63, 3.8) is 0 Å². The van der Waals surface area contributed by atoms with Crippen molar-refractivity contribution in [1.29, 1.82) is 5.26 Å². The molecule has 0 aliphatic rings. The van der Waals surface area contributed by atoms with Gasteiger partial charge >= 0.3 is 0 Å². The molecule has 2 aromatic carbocycles. The summed E-state index contributed by atoms with van der Waals surface area (Å²) in [5.41, 5.74) is 7.85. The van der Waals surface area contributed by atoms with E-state index in [0.717, 1.165) is 5.56 Å². The molecule has 0 fully saturated rings. The van der Waals surface area contributed by atoms with E-state index in [2.05, 4.69) is 27.0 Å². The minimum absolute atomic E-state index is 0.0250. The van der Waals surface area contributed by atoms with Crippen molar-refractivity contribution >= 4 is 17.6 Å². The smallest absolute Gasteiger partial charge is 0.255 e. The zero-order valence-electron chi connectivity index (χ0n) is 19.5. The van der Waals surface area contributed by atoms with E-state index in [1.807, 2.05) is 0 Å². The Morgan fingerprint density at radius 2 is 1.94 bits per heavy atom. The van der Waals surface area contributed by atoms with Gasteiger partial charge in [-0.3, -0.25) is 9.59 Å². The number of rotatable bonds is 11. The number of pyridine rings is 1. The molecule has 3 rings (SSSR count). The summed E-state index contributed by atoms with van der Waals surface area (Å²) < 4.78 is 13.5. The number of hydrogen-bond acceptors (Lipinski definition) is 7. The molecular formula is C26H27FN6O3. The number of hydrogen-bond donors (Lipinski definition) is 5. The first-order valence-electron chi connectivity index (χ1n) is 11.3. The van der Waals surface area contributed by atoms with Gasteiger partial charge in [0, 0.05) is 18.7 Å². The Bertz CT molecular complexity index is 1260. The van der Waals surface area contributed by atoms with Crippen molar-refractivity contribution in [2.45, 2.75) is 12.5 Å². The van der Waals surface area contributed by atoms with Crippen LogP contribution in [0.5, 0.6) is 0 Å². The highest BCUT2D eigenvalue weighted by Crippen LogP contribution is 2.25. The molecule has 1 atom stereocenters. The van der Waals surface area contributed by atoms with Crippen LogP contribution in [0.2, 0.25) is 0 Å². The van der Waals surface area contributed by atoms with Crippen LogP contribution >= 0.6 is 0 Å². The van der Waals surface area contributed by atoms with Crippen molar-refractivity contribution in [3.8, 4) is 17.3 Å². The van der Waals surface area contributed by atoms with Crippen molar-refractivity contribution < 1.29 is 19.1 Å². The highest BCUT2D eigenvalue weighted by atomic mass is 19.1. The molecule has 0 aliphatic heterocycles. The molecule has 1 aromatic heterocycles. The number of nitrogens with one attached hydrogen (secondary N) is 3. The van der Waals surface area contributed by atoms with Crippen molar-refractivity contribution in [2.24, 2.45) is 5.73 Å². The molecule has 0 radical (unpaired) electrons. The number of carbonyl (C=O) groups is 2. The van der Waals surface area contributed by atoms with Crippen molar-refractivity contribution in [1.82, 2.24) is 15.6 Å². The summed E-state index contributed by atoms with van der Waals surface area (Å²) in [6, 6.07) is 17.9. The fourth-order valence-electron chi connectivity index (χ4n) is 3.51. The fourth-order valence-corrected chi connectivity index (χ4v) is 3.51. The lowest BCUT2D eigenvalue weighted by molar-refractivity contribution is -0.120. The average Bonchev–Trinajstić information content (AvgIpc) is 2.90. The molecule has 0 saturated heterocycles. The van der Waals surface area contributed by atoms with Crippen LogP contribution in [-0.2, 0) is 11.2 Å². The molecule has 9 nitrogen and oxygen atoms in total. The number of benzene rings is 2. The summed E-state index contributed by atoms with van der Waals surface area (Å²) in [6.45, 7) is -0.277. The van der Waals surface area contributed by atoms with Gasteiger partial charge in [-0.1, -0.05) is 30.3 Å². The number of nitrogens with two attached hydrogens (primary N) is 1. The largest absolute Gasteiger partial charge is 0.394 e. The Morgan fingerprint density at radius 3 is 2.67 bits per heavy atom. The number of aliphatic hydroxyl groups excluding tert-OH is 1. The van der Waals surface area contributed by atoms with E-state index >= 15 is 0 Å². The van der Waals surface area contributed by atoms with Crippen LogP contribution in [0.1, 0.15) is 21.5 Å². The molecule has 1 heterocycles. The molecule has 2 amide bonds. The number of amides is 2. The van der Waals surface area contributed by atoms with Gasteiger partial charge in [0.2, 0.25) is 5.91 Å². The second kappa shape index (κ2) is 12.9. The molecule has 0 aliphatic carbocycles. The molecule has 0 bridgehead atoms. The number of nitriles is 1.